The molecule has 0 aliphatic carbocycles. The molecule has 8 nitrogen and oxygen atoms in total. The summed E-state index contributed by atoms with van der Waals surface area (Å²) in [7, 11) is 2.28. The van der Waals surface area contributed by atoms with E-state index in [1.54, 1.807) is 6.07 Å². The highest BCUT2D eigenvalue weighted by Gasteiger charge is 2.30. The van der Waals surface area contributed by atoms with Gasteiger partial charge in [-0.15, -0.1) is 0 Å². The highest BCUT2D eigenvalue weighted by atomic mass is 19.1. The number of aromatic amines is 1. The lowest BCUT2D eigenvalue weighted by Crippen LogP contribution is -2.21. The first kappa shape index (κ1) is 20.8. The van der Waals surface area contributed by atoms with Crippen LogP contribution in [0.4, 0.5) is 4.39 Å². The van der Waals surface area contributed by atoms with Gasteiger partial charge in [-0.1, -0.05) is 12.1 Å². The van der Waals surface area contributed by atoms with Gasteiger partial charge < -0.3 is 24.0 Å². The highest BCUT2D eigenvalue weighted by molar-refractivity contribution is 5.92. The van der Waals surface area contributed by atoms with E-state index in [2.05, 4.69) is 14.5 Å². The molecule has 3 aromatic rings. The molecule has 3 rings (SSSR count). The van der Waals surface area contributed by atoms with E-state index >= 15 is 0 Å². The van der Waals surface area contributed by atoms with Crippen molar-refractivity contribution in [1.82, 2.24) is 4.98 Å². The molecule has 1 aromatic carbocycles. The number of ether oxygens (including phenoxy) is 2. The number of methoxy groups -OCH3 is 2. The third kappa shape index (κ3) is 3.95. The zero-order chi connectivity index (χ0) is 21.8. The van der Waals surface area contributed by atoms with Crippen molar-refractivity contribution in [2.45, 2.75) is 12.3 Å². The van der Waals surface area contributed by atoms with Gasteiger partial charge in [-0.3, -0.25) is 9.59 Å². The summed E-state index contributed by atoms with van der Waals surface area (Å²) in [6.07, 6.45) is 0.636. The molecule has 0 radical (unpaired) electrons. The molecule has 0 saturated heterocycles. The molecule has 0 saturated carbocycles. The molecule has 1 atom stereocenters. The van der Waals surface area contributed by atoms with Gasteiger partial charge >= 0.3 is 11.9 Å². The van der Waals surface area contributed by atoms with Crippen LogP contribution in [0.25, 0.3) is 11.3 Å². The van der Waals surface area contributed by atoms with Gasteiger partial charge in [0.05, 0.1) is 37.7 Å². The molecule has 2 heterocycles. The molecule has 0 unspecified atom stereocenters. The quantitative estimate of drug-likeness (QED) is 0.594. The second-order valence-electron chi connectivity index (χ2n) is 6.30. The van der Waals surface area contributed by atoms with Crippen LogP contribution in [-0.4, -0.2) is 36.2 Å². The fourth-order valence-electron chi connectivity index (χ4n) is 3.07. The smallest absolute Gasteiger partial charge is 0.343 e. The van der Waals surface area contributed by atoms with E-state index in [1.165, 1.54) is 37.4 Å². The van der Waals surface area contributed by atoms with Gasteiger partial charge in [0.25, 0.3) is 5.56 Å². The third-order valence-electron chi connectivity index (χ3n) is 4.56. The average molecular weight is 415 g/mol. The number of esters is 2. The van der Waals surface area contributed by atoms with Crippen LogP contribution in [0.1, 0.15) is 34.0 Å². The van der Waals surface area contributed by atoms with Gasteiger partial charge in [-0.2, -0.15) is 0 Å². The summed E-state index contributed by atoms with van der Waals surface area (Å²) < 4.78 is 29.1. The minimum atomic E-state index is -1.11. The number of hydrogen-bond donors (Lipinski definition) is 2. The Kier molecular flexibility index (Phi) is 6.01. The normalized spacial score (nSPS) is 11.7. The van der Waals surface area contributed by atoms with Crippen molar-refractivity contribution >= 4 is 11.9 Å². The van der Waals surface area contributed by atoms with Crippen molar-refractivity contribution < 1.29 is 33.0 Å². The molecule has 0 fully saturated rings. The highest BCUT2D eigenvalue weighted by Crippen LogP contribution is 2.36. The van der Waals surface area contributed by atoms with Crippen molar-refractivity contribution in [2.75, 3.05) is 14.2 Å². The van der Waals surface area contributed by atoms with E-state index in [0.717, 1.165) is 13.3 Å². The lowest BCUT2D eigenvalue weighted by molar-refractivity contribution is -0.140. The van der Waals surface area contributed by atoms with E-state index in [4.69, 9.17) is 4.42 Å². The minimum absolute atomic E-state index is 0.0986. The second kappa shape index (κ2) is 8.64. The monoisotopic (exact) mass is 415 g/mol. The topological polar surface area (TPSA) is 119 Å². The van der Waals surface area contributed by atoms with Crippen LogP contribution in [0.2, 0.25) is 0 Å². The van der Waals surface area contributed by atoms with E-state index in [-0.39, 0.29) is 34.6 Å². The predicted molar refractivity (Wildman–Crippen MR) is 103 cm³/mol. The number of hydrogen-bond acceptors (Lipinski definition) is 7. The molecule has 0 bridgehead atoms. The molecule has 156 valence electrons. The number of aromatic hydroxyl groups is 1. The molecule has 2 aromatic heterocycles. The Hall–Kier alpha value is -3.88. The maximum atomic E-state index is 14.1. The Morgan fingerprint density at radius 3 is 2.57 bits per heavy atom. The number of nitrogens with one attached hydrogen (secondary N) is 1. The number of halogens is 1. The van der Waals surface area contributed by atoms with Crippen molar-refractivity contribution in [3.8, 4) is 17.1 Å². The first-order valence-electron chi connectivity index (χ1n) is 8.81. The Labute approximate surface area is 169 Å². The zero-order valence-corrected chi connectivity index (χ0v) is 16.1. The number of aromatic nitrogens is 1. The average Bonchev–Trinajstić information content (AvgIpc) is 3.22. The van der Waals surface area contributed by atoms with Gasteiger partial charge in [0.2, 0.25) is 0 Å². The number of pyridine rings is 1. The summed E-state index contributed by atoms with van der Waals surface area (Å²) in [5, 5.41) is 10.6. The summed E-state index contributed by atoms with van der Waals surface area (Å²) in [6.45, 7) is 0. The molecular formula is C21H18FNO7. The van der Waals surface area contributed by atoms with Crippen LogP contribution in [0.5, 0.6) is 5.75 Å². The number of benzene rings is 1. The fourth-order valence-corrected chi connectivity index (χ4v) is 3.07. The van der Waals surface area contributed by atoms with E-state index in [9.17, 15) is 23.9 Å². The Morgan fingerprint density at radius 1 is 1.17 bits per heavy atom. The third-order valence-corrected chi connectivity index (χ3v) is 4.56. The zero-order valence-electron chi connectivity index (χ0n) is 16.1. The van der Waals surface area contributed by atoms with Crippen LogP contribution in [0.3, 0.4) is 0 Å². The van der Waals surface area contributed by atoms with Crippen molar-refractivity contribution in [3.63, 3.8) is 0 Å². The van der Waals surface area contributed by atoms with Crippen molar-refractivity contribution in [1.29, 1.82) is 0 Å². The van der Waals surface area contributed by atoms with Crippen molar-refractivity contribution in [2.24, 2.45) is 0 Å². The minimum Gasteiger partial charge on any atom is -0.506 e. The van der Waals surface area contributed by atoms with Gasteiger partial charge in [0.1, 0.15) is 28.7 Å². The molecule has 2 N–H and O–H groups in total. The second-order valence-corrected chi connectivity index (χ2v) is 6.30. The Morgan fingerprint density at radius 2 is 1.90 bits per heavy atom. The van der Waals surface area contributed by atoms with Gasteiger partial charge in [0, 0.05) is 6.20 Å². The largest absolute Gasteiger partial charge is 0.506 e. The Balaban J connectivity index is 2.15. The van der Waals surface area contributed by atoms with E-state index < -0.39 is 35.0 Å². The molecular weight excluding hydrogens is 397 g/mol. The van der Waals surface area contributed by atoms with Crippen molar-refractivity contribution in [3.05, 3.63) is 75.7 Å². The Bertz CT molecular complexity index is 1150. The summed E-state index contributed by atoms with van der Waals surface area (Å²) in [4.78, 5) is 38.7. The molecule has 30 heavy (non-hydrogen) atoms. The van der Waals surface area contributed by atoms with Gasteiger partial charge in [0.15, 0.2) is 0 Å². The number of rotatable bonds is 6. The maximum Gasteiger partial charge on any atom is 0.343 e. The SMILES string of the molecule is COC(=O)C[C@@H](c1ccc(-c2ccccc2F)o1)c1c(O)c(C(=O)OC)c[nH]c1=O. The summed E-state index contributed by atoms with van der Waals surface area (Å²) in [5.74, 6) is -3.58. The lowest BCUT2D eigenvalue weighted by atomic mass is 9.92. The molecule has 0 spiro atoms. The standard InChI is InChI=1S/C21H18FNO7/c1-28-17(24)9-12(18-19(25)13(21(27)29-2)10-23-20(18)26)16-8-7-15(30-16)11-5-3-4-6-14(11)22/h3-8,10,12H,9H2,1-2H3,(H2,23,25,26)/t12-/m0/s1. The summed E-state index contributed by atoms with van der Waals surface area (Å²) in [5.41, 5.74) is -1.12. The van der Waals surface area contributed by atoms with Crippen LogP contribution >= 0.6 is 0 Å². The fraction of sp³-hybridized carbons (Fsp3) is 0.190. The first-order valence-corrected chi connectivity index (χ1v) is 8.81. The van der Waals surface area contributed by atoms with Crippen LogP contribution in [0.15, 0.2) is 51.8 Å². The number of H-pyrrole nitrogens is 1. The lowest BCUT2D eigenvalue weighted by Gasteiger charge is -2.16. The van der Waals surface area contributed by atoms with Gasteiger partial charge in [-0.25, -0.2) is 9.18 Å². The van der Waals surface area contributed by atoms with E-state index in [0.29, 0.717) is 0 Å². The van der Waals surface area contributed by atoms with Crippen LogP contribution in [-0.2, 0) is 14.3 Å². The number of furan rings is 1. The molecule has 9 heteroatoms. The van der Waals surface area contributed by atoms with Gasteiger partial charge in [-0.05, 0) is 24.3 Å². The van der Waals surface area contributed by atoms with Crippen LogP contribution < -0.4 is 5.56 Å². The number of carbonyl (C=O) groups excluding carboxylic acids is 2. The predicted octanol–water partition coefficient (Wildman–Crippen LogP) is 2.96. The summed E-state index contributed by atoms with van der Waals surface area (Å²) >= 11 is 0. The summed E-state index contributed by atoms with van der Waals surface area (Å²) in [6, 6.07) is 8.86. The molecule has 0 amide bonds. The molecule has 0 aliphatic heterocycles. The van der Waals surface area contributed by atoms with Crippen LogP contribution in [0, 0.1) is 5.82 Å². The molecule has 0 aliphatic rings. The van der Waals surface area contributed by atoms with E-state index in [1.807, 2.05) is 0 Å². The first-order chi connectivity index (χ1) is 14.4. The maximum absolute atomic E-state index is 14.1. The number of carbonyl (C=O) groups is 2.